The van der Waals surface area contributed by atoms with Crippen LogP contribution in [0.2, 0.25) is 0 Å². The molecular weight excluding hydrogens is 568 g/mol. The highest BCUT2D eigenvalue weighted by Gasteiger charge is 2.41. The second-order valence-electron chi connectivity index (χ2n) is 8.20. The van der Waals surface area contributed by atoms with E-state index in [-0.39, 0.29) is 28.6 Å². The Morgan fingerprint density at radius 1 is 0.969 bits per heavy atom. The highest BCUT2D eigenvalue weighted by molar-refractivity contribution is 9.09. The summed E-state index contributed by atoms with van der Waals surface area (Å²) in [6.07, 6.45) is 4.50. The Labute approximate surface area is 214 Å². The van der Waals surface area contributed by atoms with Gasteiger partial charge in [-0.25, -0.2) is 9.36 Å². The predicted octanol–water partition coefficient (Wildman–Crippen LogP) is 2.68. The number of halogens is 2. The molecule has 7 heteroatoms. The van der Waals surface area contributed by atoms with Crippen molar-refractivity contribution in [3.63, 3.8) is 0 Å². The predicted molar refractivity (Wildman–Crippen MR) is 132 cm³/mol. The van der Waals surface area contributed by atoms with Crippen LogP contribution in [0.1, 0.15) is 34.9 Å². The van der Waals surface area contributed by atoms with Crippen molar-refractivity contribution in [1.82, 2.24) is 4.57 Å². The summed E-state index contributed by atoms with van der Waals surface area (Å²) in [5, 5.41) is 1.97. The van der Waals surface area contributed by atoms with Crippen LogP contribution in [-0.2, 0) is 12.8 Å². The van der Waals surface area contributed by atoms with Gasteiger partial charge in [0.1, 0.15) is 17.1 Å². The number of rotatable bonds is 2. The Morgan fingerprint density at radius 2 is 1.66 bits per heavy atom. The Balaban J connectivity index is 0.00000216. The molecule has 2 atom stereocenters. The number of benzene rings is 2. The number of thioether (sulfide) groups is 1. The van der Waals surface area contributed by atoms with Crippen molar-refractivity contribution in [2.75, 3.05) is 5.75 Å². The van der Waals surface area contributed by atoms with Crippen molar-refractivity contribution in [1.29, 1.82) is 0 Å². The van der Waals surface area contributed by atoms with E-state index in [1.54, 1.807) is 11.8 Å². The van der Waals surface area contributed by atoms with E-state index in [1.165, 1.54) is 28.8 Å². The second kappa shape index (κ2) is 9.09. The number of thiophene rings is 1. The van der Waals surface area contributed by atoms with E-state index in [1.807, 2.05) is 46.2 Å². The summed E-state index contributed by atoms with van der Waals surface area (Å²) in [7, 11) is 0. The van der Waals surface area contributed by atoms with Crippen LogP contribution in [0, 0.1) is 0 Å². The van der Waals surface area contributed by atoms with Gasteiger partial charge in [-0.15, -0.1) is 0 Å². The number of hydrogen-bond acceptors (Lipinski definition) is 3. The lowest BCUT2D eigenvalue weighted by Gasteiger charge is -2.28. The van der Waals surface area contributed by atoms with Gasteiger partial charge in [0.25, 0.3) is 0 Å². The third kappa shape index (κ3) is 3.52. The molecule has 6 rings (SSSR count). The van der Waals surface area contributed by atoms with E-state index in [4.69, 9.17) is 0 Å². The lowest BCUT2D eigenvalue weighted by atomic mass is 9.97. The van der Waals surface area contributed by atoms with E-state index in [0.717, 1.165) is 39.7 Å². The molecule has 0 fully saturated rings. The number of hydrogen-bond donors (Lipinski definition) is 0. The minimum atomic E-state index is 0. The van der Waals surface area contributed by atoms with Crippen molar-refractivity contribution < 1.29 is 21.5 Å². The number of aryl methyl sites for hydroxylation is 2. The van der Waals surface area contributed by atoms with Crippen LogP contribution in [0.15, 0.2) is 70.6 Å². The van der Waals surface area contributed by atoms with Crippen molar-refractivity contribution in [2.24, 2.45) is 0 Å². The Morgan fingerprint density at radius 3 is 2.41 bits per heavy atom. The molecule has 0 N–H and O–H groups in total. The van der Waals surface area contributed by atoms with Crippen LogP contribution < -0.4 is 27.1 Å². The SMILES string of the molecule is O=c1c2c3c(sc2[n+]2c(n1-c1ccccc1)SCC(Br)C2c1ccccc1)CCCC3.[Br-]. The van der Waals surface area contributed by atoms with E-state index >= 15 is 0 Å². The van der Waals surface area contributed by atoms with E-state index in [0.29, 0.717) is 4.83 Å². The van der Waals surface area contributed by atoms with Crippen LogP contribution in [0.4, 0.5) is 0 Å². The van der Waals surface area contributed by atoms with Gasteiger partial charge >= 0.3 is 10.7 Å². The largest absolute Gasteiger partial charge is 1.00 e. The van der Waals surface area contributed by atoms with Gasteiger partial charge in [0.2, 0.25) is 0 Å². The topological polar surface area (TPSA) is 25.9 Å². The average molecular weight is 590 g/mol. The molecule has 2 aliphatic rings. The number of nitrogens with zero attached hydrogens (tertiary/aromatic N) is 2. The molecule has 2 aromatic heterocycles. The van der Waals surface area contributed by atoms with Gasteiger partial charge in [0, 0.05) is 10.6 Å². The van der Waals surface area contributed by atoms with Crippen molar-refractivity contribution in [3.8, 4) is 5.69 Å². The zero-order valence-electron chi connectivity index (χ0n) is 17.3. The van der Waals surface area contributed by atoms with Crippen LogP contribution >= 0.6 is 39.0 Å². The summed E-state index contributed by atoms with van der Waals surface area (Å²) in [6.45, 7) is 0. The molecule has 2 aromatic carbocycles. The monoisotopic (exact) mass is 588 g/mol. The molecule has 0 saturated heterocycles. The van der Waals surface area contributed by atoms with Crippen LogP contribution in [0.25, 0.3) is 15.9 Å². The molecule has 0 spiro atoms. The molecule has 0 radical (unpaired) electrons. The zero-order valence-corrected chi connectivity index (χ0v) is 22.1. The maximum absolute atomic E-state index is 14.0. The first-order valence-corrected chi connectivity index (χ1v) is 13.5. The molecular formula is C25H22Br2N2OS2. The van der Waals surface area contributed by atoms with Crippen LogP contribution in [-0.4, -0.2) is 15.1 Å². The maximum Gasteiger partial charge on any atom is 0.352 e. The summed E-state index contributed by atoms with van der Waals surface area (Å²) in [4.78, 5) is 16.8. The summed E-state index contributed by atoms with van der Waals surface area (Å²) < 4.78 is 4.42. The Kier molecular flexibility index (Phi) is 6.36. The van der Waals surface area contributed by atoms with Gasteiger partial charge < -0.3 is 17.0 Å². The number of fused-ring (bicyclic) bond motifs is 5. The molecule has 1 aliphatic carbocycles. The lowest BCUT2D eigenvalue weighted by molar-refractivity contribution is -0.728. The lowest BCUT2D eigenvalue weighted by Crippen LogP contribution is -3.00. The van der Waals surface area contributed by atoms with Gasteiger partial charge in [-0.1, -0.05) is 75.8 Å². The Hall–Kier alpha value is -1.41. The van der Waals surface area contributed by atoms with Gasteiger partial charge in [0.05, 0.1) is 4.83 Å². The van der Waals surface area contributed by atoms with Crippen molar-refractivity contribution >= 4 is 49.2 Å². The minimum absolute atomic E-state index is 0. The molecule has 4 aromatic rings. The molecule has 0 bridgehead atoms. The second-order valence-corrected chi connectivity index (χ2v) is 11.4. The molecule has 1 aliphatic heterocycles. The van der Waals surface area contributed by atoms with Crippen molar-refractivity contribution in [2.45, 2.75) is 41.7 Å². The summed E-state index contributed by atoms with van der Waals surface area (Å²) in [6, 6.07) is 21.0. The fraction of sp³-hybridized carbons (Fsp3) is 0.280. The van der Waals surface area contributed by atoms with Gasteiger partial charge in [-0.05, 0) is 60.7 Å². The summed E-state index contributed by atoms with van der Waals surface area (Å²) in [5.41, 5.74) is 3.66. The first-order chi connectivity index (χ1) is 15.2. The number of alkyl halides is 1. The molecule has 164 valence electrons. The highest BCUT2D eigenvalue weighted by atomic mass is 79.9. The first-order valence-electron chi connectivity index (χ1n) is 10.8. The van der Waals surface area contributed by atoms with Crippen molar-refractivity contribution in [3.05, 3.63) is 87.0 Å². The summed E-state index contributed by atoms with van der Waals surface area (Å²) >= 11 is 7.62. The molecule has 0 saturated carbocycles. The third-order valence-electron chi connectivity index (χ3n) is 6.33. The van der Waals surface area contributed by atoms with E-state index in [9.17, 15) is 4.79 Å². The molecule has 2 unspecified atom stereocenters. The van der Waals surface area contributed by atoms with Gasteiger partial charge in [0.15, 0.2) is 4.83 Å². The highest BCUT2D eigenvalue weighted by Crippen LogP contribution is 2.40. The minimum Gasteiger partial charge on any atom is -1.00 e. The molecule has 3 nitrogen and oxygen atoms in total. The molecule has 0 amide bonds. The quantitative estimate of drug-likeness (QED) is 0.204. The standard InChI is InChI=1S/C25H22BrN2OS2.BrH/c26-19-15-30-25-27(17-11-5-2-6-12-17)23(29)21-18-13-7-8-14-20(18)31-24(21)28(25)22(19)16-9-3-1-4-10-16;/h1-6,9-12,19,22H,7-8,13-15H2;1H/q+1;/p-1. The molecule has 3 heterocycles. The van der Waals surface area contributed by atoms with Crippen LogP contribution in [0.5, 0.6) is 0 Å². The third-order valence-corrected chi connectivity index (χ3v) is 10.0. The fourth-order valence-corrected chi connectivity index (χ4v) is 8.50. The van der Waals surface area contributed by atoms with E-state index < -0.39 is 0 Å². The number of aromatic nitrogens is 2. The first kappa shape index (κ1) is 22.4. The summed E-state index contributed by atoms with van der Waals surface area (Å²) in [5.74, 6) is 0.919. The van der Waals surface area contributed by atoms with Gasteiger partial charge in [-0.3, -0.25) is 0 Å². The van der Waals surface area contributed by atoms with Crippen LogP contribution in [0.3, 0.4) is 0 Å². The fourth-order valence-electron chi connectivity index (χ4n) is 4.93. The molecule has 32 heavy (non-hydrogen) atoms. The van der Waals surface area contributed by atoms with E-state index in [2.05, 4.69) is 50.8 Å². The normalized spacial score (nSPS) is 19.8. The zero-order chi connectivity index (χ0) is 20.9. The number of para-hydroxylation sites is 1. The smallest absolute Gasteiger partial charge is 0.352 e. The van der Waals surface area contributed by atoms with Gasteiger partial charge in [-0.2, -0.15) is 4.57 Å². The average Bonchev–Trinajstić information content (AvgIpc) is 3.21. The Bertz CT molecular complexity index is 1340. The maximum atomic E-state index is 14.0.